The first-order chi connectivity index (χ1) is 11.4. The summed E-state index contributed by atoms with van der Waals surface area (Å²) in [6.45, 7) is 5.69. The van der Waals surface area contributed by atoms with Crippen LogP contribution in [0.2, 0.25) is 0 Å². The van der Waals surface area contributed by atoms with Crippen molar-refractivity contribution in [3.8, 4) is 0 Å². The molecule has 0 aliphatic heterocycles. The molecular formula is C19H19BrO3S. The van der Waals surface area contributed by atoms with Crippen molar-refractivity contribution in [1.29, 1.82) is 0 Å². The van der Waals surface area contributed by atoms with Crippen LogP contribution in [0.25, 0.3) is 0 Å². The highest BCUT2D eigenvalue weighted by Crippen LogP contribution is 2.21. The molecule has 0 radical (unpaired) electrons. The van der Waals surface area contributed by atoms with E-state index in [1.54, 1.807) is 31.2 Å². The molecule has 3 nitrogen and oxygen atoms in total. The van der Waals surface area contributed by atoms with Crippen molar-refractivity contribution in [2.75, 3.05) is 5.75 Å². The quantitative estimate of drug-likeness (QED) is 0.385. The lowest BCUT2D eigenvalue weighted by Gasteiger charge is -2.12. The van der Waals surface area contributed by atoms with Crippen molar-refractivity contribution < 1.29 is 14.3 Å². The van der Waals surface area contributed by atoms with Gasteiger partial charge in [0.05, 0.1) is 5.75 Å². The van der Waals surface area contributed by atoms with Crippen molar-refractivity contribution in [3.05, 3.63) is 63.6 Å². The van der Waals surface area contributed by atoms with Gasteiger partial charge in [0.1, 0.15) is 0 Å². The number of hydrogen-bond donors (Lipinski definition) is 0. The molecule has 0 fully saturated rings. The van der Waals surface area contributed by atoms with Crippen LogP contribution in [0.3, 0.4) is 0 Å². The predicted octanol–water partition coefficient (Wildman–Crippen LogP) is 4.97. The normalized spacial score (nSPS) is 11.8. The van der Waals surface area contributed by atoms with Crippen molar-refractivity contribution in [2.24, 2.45) is 0 Å². The highest BCUT2D eigenvalue weighted by Gasteiger charge is 2.19. The first kappa shape index (κ1) is 18.7. The van der Waals surface area contributed by atoms with Crippen molar-refractivity contribution in [1.82, 2.24) is 0 Å². The van der Waals surface area contributed by atoms with Crippen LogP contribution in [0, 0.1) is 13.8 Å². The molecule has 0 aromatic heterocycles. The summed E-state index contributed by atoms with van der Waals surface area (Å²) in [7, 11) is 0. The molecule has 0 heterocycles. The Bertz CT molecular complexity index is 741. The summed E-state index contributed by atoms with van der Waals surface area (Å²) >= 11 is 4.74. The number of ether oxygens (including phenoxy) is 1. The monoisotopic (exact) mass is 406 g/mol. The number of benzene rings is 2. The van der Waals surface area contributed by atoms with Gasteiger partial charge in [0.2, 0.25) is 5.78 Å². The second kappa shape index (κ2) is 8.49. The summed E-state index contributed by atoms with van der Waals surface area (Å²) in [4.78, 5) is 25.2. The number of rotatable bonds is 6. The van der Waals surface area contributed by atoms with Gasteiger partial charge >= 0.3 is 5.97 Å². The largest absolute Gasteiger partial charge is 0.454 e. The standard InChI is InChI=1S/C19H19BrO3S/c1-12-4-9-17(10-13(12)2)24-11-18(21)23-14(3)19(22)15-5-7-16(20)8-6-15/h4-10,14H,11H2,1-3H3/t14-/m1/s1. The molecule has 5 heteroatoms. The van der Waals surface area contributed by atoms with E-state index in [0.29, 0.717) is 5.56 Å². The van der Waals surface area contributed by atoms with Crippen LogP contribution in [0.1, 0.15) is 28.4 Å². The number of ketones is 1. The first-order valence-corrected chi connectivity index (χ1v) is 9.34. The van der Waals surface area contributed by atoms with Crippen LogP contribution in [0.15, 0.2) is 51.8 Å². The highest BCUT2D eigenvalue weighted by molar-refractivity contribution is 9.10. The van der Waals surface area contributed by atoms with E-state index in [0.717, 1.165) is 9.37 Å². The van der Waals surface area contributed by atoms with E-state index < -0.39 is 12.1 Å². The third-order valence-electron chi connectivity index (χ3n) is 3.64. The maximum Gasteiger partial charge on any atom is 0.316 e. The molecular weight excluding hydrogens is 388 g/mol. The molecule has 1 atom stereocenters. The number of Topliss-reactive ketones (excluding diaryl/α,β-unsaturated/α-hetero) is 1. The van der Waals surface area contributed by atoms with E-state index >= 15 is 0 Å². The molecule has 0 saturated carbocycles. The van der Waals surface area contributed by atoms with E-state index in [2.05, 4.69) is 15.9 Å². The molecule has 0 aliphatic carbocycles. The van der Waals surface area contributed by atoms with Crippen LogP contribution < -0.4 is 0 Å². The van der Waals surface area contributed by atoms with E-state index in [4.69, 9.17) is 4.74 Å². The molecule has 0 amide bonds. The lowest BCUT2D eigenvalue weighted by Crippen LogP contribution is -2.25. The first-order valence-electron chi connectivity index (χ1n) is 7.56. The number of aryl methyl sites for hydroxylation is 2. The Labute approximate surface area is 154 Å². The third-order valence-corrected chi connectivity index (χ3v) is 5.14. The zero-order valence-electron chi connectivity index (χ0n) is 13.8. The maximum atomic E-state index is 12.2. The van der Waals surface area contributed by atoms with Gasteiger partial charge in [0.15, 0.2) is 6.10 Å². The van der Waals surface area contributed by atoms with Crippen LogP contribution in [0.5, 0.6) is 0 Å². The van der Waals surface area contributed by atoms with E-state index in [9.17, 15) is 9.59 Å². The molecule has 0 aliphatic rings. The number of thioether (sulfide) groups is 1. The molecule has 2 aromatic rings. The van der Waals surface area contributed by atoms with Crippen molar-refractivity contribution in [2.45, 2.75) is 31.8 Å². The predicted molar refractivity (Wildman–Crippen MR) is 101 cm³/mol. The van der Waals surface area contributed by atoms with Gasteiger partial charge in [-0.25, -0.2) is 0 Å². The maximum absolute atomic E-state index is 12.2. The van der Waals surface area contributed by atoms with E-state index in [1.165, 1.54) is 22.9 Å². The van der Waals surface area contributed by atoms with Gasteiger partial charge in [-0.1, -0.05) is 34.1 Å². The molecule has 0 bridgehead atoms. The molecule has 2 rings (SSSR count). The summed E-state index contributed by atoms with van der Waals surface area (Å²) < 4.78 is 6.15. The Morgan fingerprint density at radius 2 is 1.75 bits per heavy atom. The van der Waals surface area contributed by atoms with Crippen molar-refractivity contribution in [3.63, 3.8) is 0 Å². The lowest BCUT2D eigenvalue weighted by atomic mass is 10.1. The van der Waals surface area contributed by atoms with Crippen LogP contribution in [0.4, 0.5) is 0 Å². The van der Waals surface area contributed by atoms with Crippen molar-refractivity contribution >= 4 is 39.4 Å². The fourth-order valence-corrected chi connectivity index (χ4v) is 3.12. The minimum Gasteiger partial charge on any atom is -0.454 e. The van der Waals surface area contributed by atoms with Crippen LogP contribution in [-0.2, 0) is 9.53 Å². The molecule has 0 N–H and O–H groups in total. The fourth-order valence-electron chi connectivity index (χ4n) is 2.08. The average Bonchev–Trinajstić information content (AvgIpc) is 2.56. The SMILES string of the molecule is Cc1ccc(SCC(=O)O[C@H](C)C(=O)c2ccc(Br)cc2)cc1C. The molecule has 2 aromatic carbocycles. The Morgan fingerprint density at radius 3 is 2.38 bits per heavy atom. The molecule has 0 spiro atoms. The molecule has 24 heavy (non-hydrogen) atoms. The van der Waals surface area contributed by atoms with Gasteiger partial charge in [-0.2, -0.15) is 0 Å². The van der Waals surface area contributed by atoms with E-state index in [-0.39, 0.29) is 11.5 Å². The average molecular weight is 407 g/mol. The highest BCUT2D eigenvalue weighted by atomic mass is 79.9. The number of hydrogen-bond acceptors (Lipinski definition) is 4. The second-order valence-corrected chi connectivity index (χ2v) is 7.50. The fraction of sp³-hybridized carbons (Fsp3) is 0.263. The minimum atomic E-state index is -0.793. The molecule has 0 saturated heterocycles. The Kier molecular flexibility index (Phi) is 6.63. The molecule has 0 unspecified atom stereocenters. The smallest absolute Gasteiger partial charge is 0.316 e. The third kappa shape index (κ3) is 5.21. The van der Waals surface area contributed by atoms with Gasteiger partial charge < -0.3 is 4.74 Å². The number of carbonyl (C=O) groups excluding carboxylic acids is 2. The van der Waals surface area contributed by atoms with E-state index in [1.807, 2.05) is 32.0 Å². The lowest BCUT2D eigenvalue weighted by molar-refractivity contribution is -0.143. The Hall–Kier alpha value is -1.59. The zero-order valence-corrected chi connectivity index (χ0v) is 16.2. The van der Waals surface area contributed by atoms with Crippen LogP contribution in [-0.4, -0.2) is 23.6 Å². The summed E-state index contributed by atoms with van der Waals surface area (Å²) in [5.74, 6) is -0.413. The summed E-state index contributed by atoms with van der Waals surface area (Å²) in [5.41, 5.74) is 2.93. The summed E-state index contributed by atoms with van der Waals surface area (Å²) in [5, 5.41) is 0. The van der Waals surface area contributed by atoms with Gasteiger partial charge in [-0.15, -0.1) is 11.8 Å². The zero-order chi connectivity index (χ0) is 17.7. The van der Waals surface area contributed by atoms with Gasteiger partial charge in [-0.05, 0) is 56.2 Å². The number of carbonyl (C=O) groups is 2. The summed E-state index contributed by atoms with van der Waals surface area (Å²) in [6, 6.07) is 13.1. The second-order valence-electron chi connectivity index (χ2n) is 5.54. The van der Waals surface area contributed by atoms with Gasteiger partial charge in [0, 0.05) is 14.9 Å². The topological polar surface area (TPSA) is 43.4 Å². The Morgan fingerprint density at radius 1 is 1.08 bits per heavy atom. The number of halogens is 1. The van der Waals surface area contributed by atoms with Gasteiger partial charge in [0.25, 0.3) is 0 Å². The Balaban J connectivity index is 1.88. The molecule has 126 valence electrons. The summed E-state index contributed by atoms with van der Waals surface area (Å²) in [6.07, 6.45) is -0.793. The van der Waals surface area contributed by atoms with Gasteiger partial charge in [-0.3, -0.25) is 9.59 Å². The number of esters is 1. The van der Waals surface area contributed by atoms with Crippen LogP contribution >= 0.6 is 27.7 Å². The minimum absolute atomic E-state index is 0.181.